The molecule has 1 aliphatic rings. The van der Waals surface area contributed by atoms with Gasteiger partial charge in [0.25, 0.3) is 0 Å². The minimum atomic E-state index is 0.592. The van der Waals surface area contributed by atoms with Gasteiger partial charge in [0.05, 0.1) is 41.0 Å². The van der Waals surface area contributed by atoms with Gasteiger partial charge in [-0.15, -0.1) is 0 Å². The Bertz CT molecular complexity index is 1180. The molecule has 2 N–H and O–H groups in total. The van der Waals surface area contributed by atoms with E-state index in [0.717, 1.165) is 54.3 Å². The summed E-state index contributed by atoms with van der Waals surface area (Å²) < 4.78 is 2.33. The second kappa shape index (κ2) is 9.03. The van der Waals surface area contributed by atoms with Crippen LogP contribution in [0.15, 0.2) is 73.6 Å². The van der Waals surface area contributed by atoms with E-state index in [0.29, 0.717) is 16.3 Å². The number of nitrogens with two attached hydrogens (primary N) is 1. The molecule has 6 heteroatoms. The van der Waals surface area contributed by atoms with Crippen LogP contribution in [0.5, 0.6) is 0 Å². The summed E-state index contributed by atoms with van der Waals surface area (Å²) in [5, 5.41) is 10.0. The number of piperazine rings is 1. The molecule has 4 rings (SSSR count). The maximum absolute atomic E-state index is 9.39. The van der Waals surface area contributed by atoms with Crippen LogP contribution in [-0.4, -0.2) is 46.4 Å². The van der Waals surface area contributed by atoms with Gasteiger partial charge in [0, 0.05) is 29.2 Å². The van der Waals surface area contributed by atoms with Gasteiger partial charge in [-0.25, -0.2) is 4.58 Å². The summed E-state index contributed by atoms with van der Waals surface area (Å²) in [5.74, 6) is 0. The molecule has 1 fully saturated rings. The molecule has 1 aliphatic heterocycles. The third-order valence-electron chi connectivity index (χ3n) is 5.47. The summed E-state index contributed by atoms with van der Waals surface area (Å²) in [6.45, 7) is 7.47. The van der Waals surface area contributed by atoms with Crippen LogP contribution >= 0.6 is 11.6 Å². The van der Waals surface area contributed by atoms with E-state index in [9.17, 15) is 5.26 Å². The van der Waals surface area contributed by atoms with E-state index < -0.39 is 0 Å². The molecule has 31 heavy (non-hydrogen) atoms. The maximum atomic E-state index is 9.39. The van der Waals surface area contributed by atoms with Crippen molar-refractivity contribution in [3.8, 4) is 6.07 Å². The summed E-state index contributed by atoms with van der Waals surface area (Å²) in [6, 6.07) is 19.7. The standard InChI is InChI=1S/C25H23ClN5/c1-18(21-14-22(28)17-29-16-21)30-9-11-31(12-10-30)25(20-5-3-2-4-6-20)23-13-19(15-27)7-8-24(23)26/h2-8,13-14,16-17H,1,9-12,28H2/q+1. The van der Waals surface area contributed by atoms with Crippen molar-refractivity contribution < 1.29 is 4.58 Å². The van der Waals surface area contributed by atoms with Crippen molar-refractivity contribution in [1.82, 2.24) is 9.88 Å². The molecule has 3 aromatic rings. The highest BCUT2D eigenvalue weighted by Crippen LogP contribution is 2.24. The molecule has 5 nitrogen and oxygen atoms in total. The zero-order valence-electron chi connectivity index (χ0n) is 17.1. The molecule has 0 bridgehead atoms. The van der Waals surface area contributed by atoms with Crippen molar-refractivity contribution in [3.63, 3.8) is 0 Å². The minimum Gasteiger partial charge on any atom is -0.397 e. The van der Waals surface area contributed by atoms with Crippen LogP contribution in [0, 0.1) is 11.3 Å². The van der Waals surface area contributed by atoms with Gasteiger partial charge in [0.15, 0.2) is 13.1 Å². The lowest BCUT2D eigenvalue weighted by Crippen LogP contribution is -2.43. The molecule has 0 spiro atoms. The average Bonchev–Trinajstić information content (AvgIpc) is 2.81. The summed E-state index contributed by atoms with van der Waals surface area (Å²) in [6.07, 6.45) is 3.43. The lowest BCUT2D eigenvalue weighted by atomic mass is 9.99. The van der Waals surface area contributed by atoms with Gasteiger partial charge < -0.3 is 10.6 Å². The molecule has 1 aromatic heterocycles. The first kappa shape index (κ1) is 20.6. The number of halogens is 1. The van der Waals surface area contributed by atoms with Gasteiger partial charge in [-0.3, -0.25) is 4.98 Å². The van der Waals surface area contributed by atoms with E-state index >= 15 is 0 Å². The zero-order valence-corrected chi connectivity index (χ0v) is 17.9. The van der Waals surface area contributed by atoms with Gasteiger partial charge in [0.1, 0.15) is 0 Å². The Hall–Kier alpha value is -3.62. The third kappa shape index (κ3) is 4.45. The van der Waals surface area contributed by atoms with Crippen LogP contribution < -0.4 is 5.73 Å². The maximum Gasteiger partial charge on any atom is 0.216 e. The van der Waals surface area contributed by atoms with Crippen LogP contribution in [-0.2, 0) is 0 Å². The summed E-state index contributed by atoms with van der Waals surface area (Å²) >= 11 is 6.59. The van der Waals surface area contributed by atoms with Crippen LogP contribution in [0.2, 0.25) is 5.02 Å². The van der Waals surface area contributed by atoms with E-state index in [1.807, 2.05) is 30.3 Å². The van der Waals surface area contributed by atoms with Crippen molar-refractivity contribution >= 4 is 28.7 Å². The number of aromatic nitrogens is 1. The Morgan fingerprint density at radius 3 is 2.48 bits per heavy atom. The predicted molar refractivity (Wildman–Crippen MR) is 125 cm³/mol. The molecule has 0 aliphatic carbocycles. The quantitative estimate of drug-likeness (QED) is 0.637. The molecule has 154 valence electrons. The number of nitrogen functional groups attached to an aromatic ring is 1. The van der Waals surface area contributed by atoms with E-state index in [4.69, 9.17) is 17.3 Å². The van der Waals surface area contributed by atoms with E-state index in [-0.39, 0.29) is 0 Å². The molecule has 0 unspecified atom stereocenters. The Balaban J connectivity index is 1.68. The molecule has 0 atom stereocenters. The molecule has 2 heterocycles. The van der Waals surface area contributed by atoms with Crippen LogP contribution in [0.1, 0.15) is 22.3 Å². The molecular formula is C25H23ClN5+. The number of nitrogens with zero attached hydrogens (tertiary/aromatic N) is 4. The molecule has 2 aromatic carbocycles. The van der Waals surface area contributed by atoms with Gasteiger partial charge in [-0.1, -0.05) is 36.4 Å². The van der Waals surface area contributed by atoms with Crippen molar-refractivity contribution in [2.24, 2.45) is 0 Å². The highest BCUT2D eigenvalue weighted by atomic mass is 35.5. The number of hydrogen-bond donors (Lipinski definition) is 1. The lowest BCUT2D eigenvalue weighted by Gasteiger charge is -2.30. The highest BCUT2D eigenvalue weighted by molar-refractivity contribution is 6.35. The predicted octanol–water partition coefficient (Wildman–Crippen LogP) is 4.03. The fourth-order valence-corrected chi connectivity index (χ4v) is 4.09. The van der Waals surface area contributed by atoms with Gasteiger partial charge in [-0.05, 0) is 36.4 Å². The number of anilines is 1. The minimum absolute atomic E-state index is 0.592. The third-order valence-corrected chi connectivity index (χ3v) is 5.80. The Kier molecular flexibility index (Phi) is 6.01. The SMILES string of the molecule is C=C(c1cncc(N)c1)N1CC[N+](=C(c2ccccc2)c2cc(C#N)ccc2Cl)CC1. The monoisotopic (exact) mass is 428 g/mol. The number of benzene rings is 2. The number of rotatable bonds is 4. The highest BCUT2D eigenvalue weighted by Gasteiger charge is 2.27. The van der Waals surface area contributed by atoms with E-state index in [1.165, 1.54) is 0 Å². The molecule has 0 saturated carbocycles. The largest absolute Gasteiger partial charge is 0.397 e. The van der Waals surface area contributed by atoms with E-state index in [1.54, 1.807) is 24.5 Å². The Morgan fingerprint density at radius 1 is 1.06 bits per heavy atom. The lowest BCUT2D eigenvalue weighted by molar-refractivity contribution is -0.537. The number of nitriles is 1. The van der Waals surface area contributed by atoms with Crippen LogP contribution in [0.3, 0.4) is 0 Å². The first-order chi connectivity index (χ1) is 15.1. The van der Waals surface area contributed by atoms with Gasteiger partial charge in [0.2, 0.25) is 5.71 Å². The van der Waals surface area contributed by atoms with Gasteiger partial charge in [-0.2, -0.15) is 5.26 Å². The van der Waals surface area contributed by atoms with Crippen molar-refractivity contribution in [3.05, 3.63) is 101 Å². The molecule has 0 radical (unpaired) electrons. The Labute approximate surface area is 187 Å². The zero-order chi connectivity index (χ0) is 21.8. The Morgan fingerprint density at radius 2 is 1.81 bits per heavy atom. The van der Waals surface area contributed by atoms with Crippen molar-refractivity contribution in [2.75, 3.05) is 31.9 Å². The topological polar surface area (TPSA) is 68.9 Å². The fourth-order valence-electron chi connectivity index (χ4n) is 3.88. The van der Waals surface area contributed by atoms with Crippen LogP contribution in [0.4, 0.5) is 5.69 Å². The first-order valence-corrected chi connectivity index (χ1v) is 10.5. The fraction of sp³-hybridized carbons (Fsp3) is 0.160. The average molecular weight is 429 g/mol. The second-order valence-corrected chi connectivity index (χ2v) is 7.86. The molecule has 1 saturated heterocycles. The normalized spacial score (nSPS) is 13.5. The molecule has 0 amide bonds. The smallest absolute Gasteiger partial charge is 0.216 e. The number of pyridine rings is 1. The number of hydrogen-bond acceptors (Lipinski definition) is 4. The van der Waals surface area contributed by atoms with Gasteiger partial charge >= 0.3 is 0 Å². The molecular weight excluding hydrogens is 406 g/mol. The summed E-state index contributed by atoms with van der Waals surface area (Å²) in [7, 11) is 0. The van der Waals surface area contributed by atoms with Crippen LogP contribution in [0.25, 0.3) is 5.70 Å². The van der Waals surface area contributed by atoms with Crippen molar-refractivity contribution in [2.45, 2.75) is 0 Å². The van der Waals surface area contributed by atoms with E-state index in [2.05, 4.69) is 39.2 Å². The first-order valence-electron chi connectivity index (χ1n) is 10.1. The van der Waals surface area contributed by atoms with Crippen molar-refractivity contribution in [1.29, 1.82) is 5.26 Å². The second-order valence-electron chi connectivity index (χ2n) is 7.45. The summed E-state index contributed by atoms with van der Waals surface area (Å²) in [5.41, 5.74) is 12.0. The summed E-state index contributed by atoms with van der Waals surface area (Å²) in [4.78, 5) is 6.43.